The molecule has 734 valence electrons. The number of alkyl halides is 1. The maximum Gasteiger partial charge on any atom is 0.415 e. The average Bonchev–Trinajstić information content (AvgIpc) is 1.63. The van der Waals surface area contributed by atoms with Crippen LogP contribution in [0.15, 0.2) is 208 Å². The predicted molar refractivity (Wildman–Crippen MR) is 544 cm³/mol. The Balaban J connectivity index is 0.000000141. The Morgan fingerprint density at radius 3 is 1.08 bits per heavy atom. The zero-order chi connectivity index (χ0) is 98.0. The molecular weight excluding hydrogens is 1880 g/mol. The molecule has 6 aromatic heterocycles. The van der Waals surface area contributed by atoms with Crippen LogP contribution in [0.1, 0.15) is 151 Å². The van der Waals surface area contributed by atoms with Gasteiger partial charge in [-0.25, -0.2) is 29.1 Å². The third-order valence-corrected chi connectivity index (χ3v) is 25.9. The molecule has 14 aromatic rings. The number of allylic oxidation sites excluding steroid dienone is 1. The zero-order valence-corrected chi connectivity index (χ0v) is 83.1. The summed E-state index contributed by atoms with van der Waals surface area (Å²) in [5, 5.41) is 15.3. The second-order valence-corrected chi connectivity index (χ2v) is 36.1. The standard InChI is InChI=1S/C29H38ClN3O5.C26H26ClN5O3.C26H28ClN5O3.C25H24Cl2N2O3/c1-4-37-29(34)33-14-12-24-25-20-22(30)8-11-26(25)31-27(24)28(33)21-6-9-23(10-7-21)38-17-5-13-32(15-18-35-2)16-19-36-3;1-17(2)35-26(33)32-12-10-21-22-14-19(27)6-9-23(22)30-24(21)25(32)18-4-7-20(8-5-18)34-13-3-11-31-16-28-15-29-31;1-2-13-35-26(33)32-12-10-21-22-15-19(27)6-9-23(22)30-24(21)25(32)18-4-7-20(8-5-18)34-14-3-11-31-17-28-16-29-31;1-2-3-14-32-25(30)29-13-11-20-21-16-18(27)7-10-22(21)28-23(20)24(29)17-5-8-19(9-6-17)31-15-4-12-26/h6-11,20,28,31H,4-5,12-19H2,1-3H3;4-9,14-16,25,30H,1,3,10-13H2,2H3;4-9,15-17,25,30H,2-3,10-14H2,1H3;5-10,16,24,28H,4,11-15H2,1H3. The number of ether oxygens (including phenoxy) is 10. The van der Waals surface area contributed by atoms with Gasteiger partial charge >= 0.3 is 24.4 Å². The number of nitrogens with one attached hydrogen (secondary N) is 4. The number of nitrogens with zero attached hydrogens (tertiary/aromatic N) is 11. The Bertz CT molecular complexity index is 6540. The molecule has 0 radical (unpaired) electrons. The largest absolute Gasteiger partial charge is 0.494 e. The normalized spacial score (nSPS) is 15.2. The van der Waals surface area contributed by atoms with Gasteiger partial charge in [0.1, 0.15) is 72.5 Å². The summed E-state index contributed by atoms with van der Waals surface area (Å²) in [4.78, 5) is 83.3. The van der Waals surface area contributed by atoms with Crippen molar-refractivity contribution in [1.82, 2.24) is 74.0 Å². The van der Waals surface area contributed by atoms with Gasteiger partial charge in [0.25, 0.3) is 0 Å². The van der Waals surface area contributed by atoms with Gasteiger partial charge in [0.2, 0.25) is 0 Å². The average molecular weight is 2000 g/mol. The number of hydrogen-bond donors (Lipinski definition) is 4. The molecule has 4 N–H and O–H groups in total. The fourth-order valence-electron chi connectivity index (χ4n) is 18.2. The molecule has 8 aromatic carbocycles. The molecule has 4 amide bonds. The number of aromatic amines is 4. The first-order valence-electron chi connectivity index (χ1n) is 47.2. The summed E-state index contributed by atoms with van der Waals surface area (Å²) in [6, 6.07) is 53.7. The van der Waals surface area contributed by atoms with Gasteiger partial charge in [0.15, 0.2) is 6.61 Å². The fraction of sp³-hybridized carbons (Fsp3) is 0.358. The molecule has 34 heteroatoms. The van der Waals surface area contributed by atoms with Crippen molar-refractivity contribution >= 4 is 126 Å². The zero-order valence-electron chi connectivity index (χ0n) is 79.3. The number of halogens is 5. The molecule has 0 spiro atoms. The molecule has 18 rings (SSSR count). The fourth-order valence-corrected chi connectivity index (χ4v) is 19.0. The molecule has 29 nitrogen and oxygen atoms in total. The number of H-pyrrole nitrogens is 4. The summed E-state index contributed by atoms with van der Waals surface area (Å²) in [7, 11) is 3.43. The van der Waals surface area contributed by atoms with Crippen LogP contribution in [-0.2, 0) is 67.2 Å². The van der Waals surface area contributed by atoms with E-state index >= 15 is 0 Å². The second-order valence-electron chi connectivity index (χ2n) is 34.0. The van der Waals surface area contributed by atoms with Crippen molar-refractivity contribution in [3.8, 4) is 34.8 Å². The van der Waals surface area contributed by atoms with Gasteiger partial charge in [-0.3, -0.25) is 33.9 Å². The van der Waals surface area contributed by atoms with E-state index in [1.165, 1.54) is 34.9 Å². The first-order chi connectivity index (χ1) is 68.3. The van der Waals surface area contributed by atoms with Crippen molar-refractivity contribution in [3.05, 3.63) is 295 Å². The molecule has 140 heavy (non-hydrogen) atoms. The van der Waals surface area contributed by atoms with E-state index in [4.69, 9.17) is 105 Å². The smallest absolute Gasteiger partial charge is 0.415 e. The molecule has 0 saturated carbocycles. The lowest BCUT2D eigenvalue weighted by molar-refractivity contribution is 0.0887. The summed E-state index contributed by atoms with van der Waals surface area (Å²) in [5.74, 6) is 9.57. The number of fused-ring (bicyclic) bond motifs is 12. The molecular formula is C106H116Cl5N15O14. The van der Waals surface area contributed by atoms with Crippen molar-refractivity contribution in [1.29, 1.82) is 0 Å². The molecule has 10 heterocycles. The monoisotopic (exact) mass is 2000 g/mol. The molecule has 4 atom stereocenters. The van der Waals surface area contributed by atoms with E-state index < -0.39 is 6.09 Å². The van der Waals surface area contributed by atoms with Gasteiger partial charge in [-0.15, -0.1) is 17.5 Å². The quantitative estimate of drug-likeness (QED) is 0.00957. The number of rotatable bonds is 34. The summed E-state index contributed by atoms with van der Waals surface area (Å²) in [5.41, 5.74) is 16.6. The number of amides is 4. The number of methoxy groups -OCH3 is 2. The van der Waals surface area contributed by atoms with E-state index in [1.54, 1.807) is 64.8 Å². The summed E-state index contributed by atoms with van der Waals surface area (Å²) in [6.07, 6.45) is 12.0. The van der Waals surface area contributed by atoms with Crippen molar-refractivity contribution in [3.63, 3.8) is 0 Å². The molecule has 0 saturated heterocycles. The lowest BCUT2D eigenvalue weighted by Gasteiger charge is -2.35. The van der Waals surface area contributed by atoms with Gasteiger partial charge in [-0.1, -0.05) is 114 Å². The topological polar surface area (TPSA) is 301 Å². The Morgan fingerprint density at radius 2 is 0.764 bits per heavy atom. The Morgan fingerprint density at radius 1 is 0.429 bits per heavy atom. The van der Waals surface area contributed by atoms with Crippen LogP contribution in [0, 0.1) is 11.8 Å². The van der Waals surface area contributed by atoms with Crippen molar-refractivity contribution < 1.29 is 66.5 Å². The lowest BCUT2D eigenvalue weighted by Crippen LogP contribution is -2.41. The Labute approximate surface area is 838 Å². The maximum atomic E-state index is 13.0. The van der Waals surface area contributed by atoms with Crippen LogP contribution in [0.25, 0.3) is 43.6 Å². The van der Waals surface area contributed by atoms with Gasteiger partial charge in [0.05, 0.1) is 58.6 Å². The van der Waals surface area contributed by atoms with Crippen LogP contribution < -0.4 is 18.9 Å². The minimum absolute atomic E-state index is 0.0705. The maximum absolute atomic E-state index is 13.0. The number of carbonyl (C=O) groups is 4. The van der Waals surface area contributed by atoms with Crippen LogP contribution in [0.3, 0.4) is 0 Å². The van der Waals surface area contributed by atoms with E-state index in [-0.39, 0.29) is 49.1 Å². The van der Waals surface area contributed by atoms with Crippen LogP contribution in [0.4, 0.5) is 19.2 Å². The second kappa shape index (κ2) is 49.8. The van der Waals surface area contributed by atoms with Crippen molar-refractivity contribution in [2.24, 2.45) is 0 Å². The van der Waals surface area contributed by atoms with Crippen LogP contribution in [0.2, 0.25) is 20.1 Å². The predicted octanol–water partition coefficient (Wildman–Crippen LogP) is 22.1. The summed E-state index contributed by atoms with van der Waals surface area (Å²) >= 11 is 30.8. The highest BCUT2D eigenvalue weighted by Gasteiger charge is 2.41. The van der Waals surface area contributed by atoms with E-state index in [0.29, 0.717) is 124 Å². The Kier molecular flexibility index (Phi) is 36.1. The highest BCUT2D eigenvalue weighted by atomic mass is 35.5. The third-order valence-electron chi connectivity index (χ3n) is 24.7. The molecule has 0 aliphatic carbocycles. The lowest BCUT2D eigenvalue weighted by atomic mass is 9.92. The minimum atomic E-state index is -0.418. The SMILES string of the molecule is C=C(C)OC(=O)N1CCc2c([nH]c3ccc(Cl)cc23)C1c1ccc(OCCCn2cncn2)cc1.CC#CCOC(=O)N1CCc2c([nH]c3ccc(Cl)cc23)C1c1ccc(OCCCCl)cc1.CCCOC(=O)N1CCc2c([nH]c3ccc(Cl)cc23)C1c1ccc(OCCCn2cncn2)cc1.CCOC(=O)N1CCc2c([nH]c3ccc(Cl)cc23)C1c1ccc(OCCCN(CCOC)CCOC)cc1. The Hall–Kier alpha value is -12.9. The number of benzene rings is 8. The van der Waals surface area contributed by atoms with Crippen LogP contribution in [-0.4, -0.2) is 224 Å². The van der Waals surface area contributed by atoms with E-state index in [0.717, 1.165) is 189 Å². The molecule has 0 bridgehead atoms. The number of hydrogen-bond acceptors (Lipinski definition) is 19. The van der Waals surface area contributed by atoms with Crippen molar-refractivity contribution in [2.75, 3.05) is 125 Å². The van der Waals surface area contributed by atoms with E-state index in [2.05, 4.69) is 63.4 Å². The highest BCUT2D eigenvalue weighted by molar-refractivity contribution is 6.32. The van der Waals surface area contributed by atoms with Gasteiger partial charge in [-0.2, -0.15) is 10.2 Å². The van der Waals surface area contributed by atoms with E-state index in [9.17, 15) is 19.2 Å². The first kappa shape index (κ1) is 102. The third kappa shape index (κ3) is 25.5. The van der Waals surface area contributed by atoms with Gasteiger partial charge < -0.3 is 67.3 Å². The van der Waals surface area contributed by atoms with E-state index in [1.807, 2.05) is 189 Å². The van der Waals surface area contributed by atoms with Crippen molar-refractivity contribution in [2.45, 2.75) is 123 Å². The molecule has 0 fully saturated rings. The summed E-state index contributed by atoms with van der Waals surface area (Å²) < 4.78 is 59.3. The first-order valence-corrected chi connectivity index (χ1v) is 49.2. The number of aromatic nitrogens is 10. The minimum Gasteiger partial charge on any atom is -0.494 e. The van der Waals surface area contributed by atoms with Gasteiger partial charge in [-0.05, 0) is 232 Å². The highest BCUT2D eigenvalue weighted by Crippen LogP contribution is 2.46. The molecule has 4 unspecified atom stereocenters. The number of carbonyl (C=O) groups excluding carboxylic acids is 4. The summed E-state index contributed by atoms with van der Waals surface area (Å²) in [6.45, 7) is 21.8. The van der Waals surface area contributed by atoms with Gasteiger partial charge in [0, 0.05) is 178 Å². The van der Waals surface area contributed by atoms with Crippen LogP contribution >= 0.6 is 58.0 Å². The molecule has 4 aliphatic rings. The van der Waals surface area contributed by atoms with Crippen LogP contribution in [0.5, 0.6) is 23.0 Å². The molecule has 4 aliphatic heterocycles. The number of aryl methyl sites for hydroxylation is 2.